The second-order valence-electron chi connectivity index (χ2n) is 4.64. The molecule has 1 unspecified atom stereocenters. The van der Waals surface area contributed by atoms with Crippen molar-refractivity contribution in [2.24, 2.45) is 0 Å². The first-order chi connectivity index (χ1) is 9.60. The summed E-state index contributed by atoms with van der Waals surface area (Å²) in [6.45, 7) is 0. The summed E-state index contributed by atoms with van der Waals surface area (Å²) in [6.07, 6.45) is 0.701. The molecule has 0 aromatic heterocycles. The fraction of sp³-hybridized carbons (Fsp3) is 0.200. The molecule has 1 nitrogen and oxygen atoms in total. The lowest BCUT2D eigenvalue weighted by molar-refractivity contribution is 0.261. The number of ether oxygens (including phenoxy) is 1. The van der Waals surface area contributed by atoms with Gasteiger partial charge in [0.2, 0.25) is 0 Å². The summed E-state index contributed by atoms with van der Waals surface area (Å²) in [5.74, 6) is 0.397. The van der Waals surface area contributed by atoms with Gasteiger partial charge in [0, 0.05) is 28.4 Å². The van der Waals surface area contributed by atoms with E-state index in [9.17, 15) is 4.39 Å². The average molecular weight is 376 g/mol. The van der Waals surface area contributed by atoms with Crippen molar-refractivity contribution < 1.29 is 9.13 Å². The first-order valence-electron chi connectivity index (χ1n) is 6.09. The predicted molar refractivity (Wildman–Crippen MR) is 83.8 cm³/mol. The standard InChI is InChI=1S/C15H10BrCl2FO/c16-7-10-5-8-4-9(19)6-12(15(8)20-10)11-2-1-3-13(17)14(11)18/h1-4,6,10H,5,7H2. The van der Waals surface area contributed by atoms with Crippen molar-refractivity contribution in [1.82, 2.24) is 0 Å². The van der Waals surface area contributed by atoms with Crippen LogP contribution in [0.2, 0.25) is 10.0 Å². The lowest BCUT2D eigenvalue weighted by Crippen LogP contribution is -2.13. The van der Waals surface area contributed by atoms with Crippen LogP contribution in [0.1, 0.15) is 5.56 Å². The summed E-state index contributed by atoms with van der Waals surface area (Å²) in [6, 6.07) is 8.26. The Morgan fingerprint density at radius 2 is 2.05 bits per heavy atom. The van der Waals surface area contributed by atoms with Crippen molar-refractivity contribution in [2.45, 2.75) is 12.5 Å². The van der Waals surface area contributed by atoms with Crippen LogP contribution in [0, 0.1) is 5.82 Å². The molecule has 0 saturated carbocycles. The Morgan fingerprint density at radius 3 is 2.80 bits per heavy atom. The first kappa shape index (κ1) is 14.2. The minimum absolute atomic E-state index is 0.0171. The van der Waals surface area contributed by atoms with E-state index in [0.29, 0.717) is 38.7 Å². The maximum Gasteiger partial charge on any atom is 0.131 e. The molecule has 0 fully saturated rings. The molecule has 1 heterocycles. The minimum atomic E-state index is -0.298. The van der Waals surface area contributed by atoms with Gasteiger partial charge >= 0.3 is 0 Å². The molecular weight excluding hydrogens is 366 g/mol. The fourth-order valence-corrected chi connectivity index (χ4v) is 3.16. The molecule has 2 aromatic carbocycles. The van der Waals surface area contributed by atoms with Gasteiger partial charge in [-0.15, -0.1) is 0 Å². The topological polar surface area (TPSA) is 9.23 Å². The molecule has 0 N–H and O–H groups in total. The van der Waals surface area contributed by atoms with E-state index in [1.54, 1.807) is 12.1 Å². The van der Waals surface area contributed by atoms with E-state index in [-0.39, 0.29) is 11.9 Å². The Hall–Kier alpha value is -0.770. The Morgan fingerprint density at radius 1 is 1.25 bits per heavy atom. The molecule has 0 radical (unpaired) electrons. The summed E-state index contributed by atoms with van der Waals surface area (Å²) in [4.78, 5) is 0. The minimum Gasteiger partial charge on any atom is -0.488 e. The predicted octanol–water partition coefficient (Wildman–Crippen LogP) is 5.50. The van der Waals surface area contributed by atoms with Crippen LogP contribution in [-0.2, 0) is 6.42 Å². The second-order valence-corrected chi connectivity index (χ2v) is 6.07. The highest BCUT2D eigenvalue weighted by Gasteiger charge is 2.27. The summed E-state index contributed by atoms with van der Waals surface area (Å²) in [5.41, 5.74) is 2.20. The monoisotopic (exact) mass is 374 g/mol. The smallest absolute Gasteiger partial charge is 0.131 e. The van der Waals surface area contributed by atoms with E-state index in [1.165, 1.54) is 12.1 Å². The highest BCUT2D eigenvalue weighted by atomic mass is 79.9. The van der Waals surface area contributed by atoms with Crippen LogP contribution >= 0.6 is 39.1 Å². The quantitative estimate of drug-likeness (QED) is 0.630. The first-order valence-corrected chi connectivity index (χ1v) is 7.97. The van der Waals surface area contributed by atoms with E-state index in [2.05, 4.69) is 15.9 Å². The van der Waals surface area contributed by atoms with Crippen LogP contribution < -0.4 is 4.74 Å². The summed E-state index contributed by atoms with van der Waals surface area (Å²) in [5, 5.41) is 1.55. The van der Waals surface area contributed by atoms with Crippen LogP contribution in [-0.4, -0.2) is 11.4 Å². The van der Waals surface area contributed by atoms with E-state index in [1.807, 2.05) is 6.07 Å². The molecule has 1 atom stereocenters. The van der Waals surface area contributed by atoms with Crippen LogP contribution in [0.5, 0.6) is 5.75 Å². The van der Waals surface area contributed by atoms with Crippen molar-refractivity contribution in [3.63, 3.8) is 0 Å². The van der Waals surface area contributed by atoms with Crippen LogP contribution in [0.15, 0.2) is 30.3 Å². The van der Waals surface area contributed by atoms with Gasteiger partial charge in [0.1, 0.15) is 17.7 Å². The maximum absolute atomic E-state index is 13.8. The van der Waals surface area contributed by atoms with Crippen molar-refractivity contribution in [3.05, 3.63) is 51.8 Å². The van der Waals surface area contributed by atoms with Crippen LogP contribution in [0.4, 0.5) is 4.39 Å². The number of alkyl halides is 1. The number of hydrogen-bond donors (Lipinski definition) is 0. The van der Waals surface area contributed by atoms with Gasteiger partial charge in [-0.2, -0.15) is 0 Å². The van der Waals surface area contributed by atoms with Gasteiger partial charge in [-0.25, -0.2) is 4.39 Å². The zero-order valence-corrected chi connectivity index (χ0v) is 13.4. The zero-order valence-electron chi connectivity index (χ0n) is 10.3. The Kier molecular flexibility index (Phi) is 3.93. The Labute approximate surface area is 134 Å². The third-order valence-corrected chi connectivity index (χ3v) is 4.82. The number of benzene rings is 2. The molecule has 0 spiro atoms. The lowest BCUT2D eigenvalue weighted by atomic mass is 10.0. The van der Waals surface area contributed by atoms with Crippen LogP contribution in [0.25, 0.3) is 11.1 Å². The third kappa shape index (κ3) is 2.43. The molecule has 0 aliphatic carbocycles. The molecule has 0 saturated heterocycles. The van der Waals surface area contributed by atoms with E-state index in [4.69, 9.17) is 27.9 Å². The highest BCUT2D eigenvalue weighted by Crippen LogP contribution is 2.43. The molecule has 2 aromatic rings. The van der Waals surface area contributed by atoms with Crippen molar-refractivity contribution in [3.8, 4) is 16.9 Å². The van der Waals surface area contributed by atoms with Crippen molar-refractivity contribution in [2.75, 3.05) is 5.33 Å². The molecule has 3 rings (SSSR count). The number of fused-ring (bicyclic) bond motifs is 1. The molecule has 0 bridgehead atoms. The Balaban J connectivity index is 2.18. The lowest BCUT2D eigenvalue weighted by Gasteiger charge is -2.12. The van der Waals surface area contributed by atoms with E-state index >= 15 is 0 Å². The van der Waals surface area contributed by atoms with Crippen molar-refractivity contribution in [1.29, 1.82) is 0 Å². The fourth-order valence-electron chi connectivity index (χ4n) is 2.39. The van der Waals surface area contributed by atoms with Gasteiger partial charge in [0.05, 0.1) is 10.0 Å². The zero-order chi connectivity index (χ0) is 14.3. The number of rotatable bonds is 2. The maximum atomic E-state index is 13.8. The largest absolute Gasteiger partial charge is 0.488 e. The van der Waals surface area contributed by atoms with E-state index < -0.39 is 0 Å². The summed E-state index contributed by atoms with van der Waals surface area (Å²) >= 11 is 15.7. The number of hydrogen-bond acceptors (Lipinski definition) is 1. The highest BCUT2D eigenvalue weighted by molar-refractivity contribution is 9.09. The number of halogens is 4. The summed E-state index contributed by atoms with van der Waals surface area (Å²) < 4.78 is 19.7. The van der Waals surface area contributed by atoms with Gasteiger partial charge in [0.15, 0.2) is 0 Å². The molecule has 20 heavy (non-hydrogen) atoms. The van der Waals surface area contributed by atoms with Crippen molar-refractivity contribution >= 4 is 39.1 Å². The van der Waals surface area contributed by atoms with Gasteiger partial charge < -0.3 is 4.74 Å². The molecule has 0 amide bonds. The van der Waals surface area contributed by atoms with Gasteiger partial charge in [0.25, 0.3) is 0 Å². The Bertz CT molecular complexity index is 675. The third-order valence-electron chi connectivity index (χ3n) is 3.28. The second kappa shape index (κ2) is 5.55. The van der Waals surface area contributed by atoms with Crippen LogP contribution in [0.3, 0.4) is 0 Å². The SMILES string of the molecule is Fc1cc2c(c(-c3cccc(Cl)c3Cl)c1)OC(CBr)C2. The molecular formula is C15H10BrCl2FO. The molecule has 5 heteroatoms. The normalized spacial score (nSPS) is 16.9. The molecule has 1 aliphatic rings. The van der Waals surface area contributed by atoms with Gasteiger partial charge in [-0.3, -0.25) is 0 Å². The average Bonchev–Trinajstić information content (AvgIpc) is 2.84. The van der Waals surface area contributed by atoms with E-state index in [0.717, 1.165) is 5.56 Å². The van der Waals surface area contributed by atoms with Gasteiger partial charge in [-0.1, -0.05) is 51.3 Å². The molecule has 104 valence electrons. The molecule has 1 aliphatic heterocycles. The summed E-state index contributed by atoms with van der Waals surface area (Å²) in [7, 11) is 0. The van der Waals surface area contributed by atoms with Gasteiger partial charge in [-0.05, 0) is 18.2 Å².